The van der Waals surface area contributed by atoms with Crippen LogP contribution in [-0.2, 0) is 32.2 Å². The Balaban J connectivity index is 1.41. The molecule has 2 aliphatic heterocycles. The van der Waals surface area contributed by atoms with E-state index in [9.17, 15) is 4.79 Å². The van der Waals surface area contributed by atoms with Gasteiger partial charge in [0, 0.05) is 18.5 Å². The van der Waals surface area contributed by atoms with E-state index in [2.05, 4.69) is 41.3 Å². The molecular formula is C25H31NO4. The lowest BCUT2D eigenvalue weighted by atomic mass is 9.93. The van der Waals surface area contributed by atoms with E-state index >= 15 is 0 Å². The third kappa shape index (κ3) is 5.09. The Labute approximate surface area is 178 Å². The highest BCUT2D eigenvalue weighted by atomic mass is 16.6. The van der Waals surface area contributed by atoms with Crippen molar-refractivity contribution >= 4 is 5.97 Å². The summed E-state index contributed by atoms with van der Waals surface area (Å²) in [6, 6.07) is 20.9. The highest BCUT2D eigenvalue weighted by Gasteiger charge is 2.51. The average Bonchev–Trinajstić information content (AvgIpc) is 3.32. The Hall–Kier alpha value is -2.21. The molecule has 4 atom stereocenters. The van der Waals surface area contributed by atoms with Crippen molar-refractivity contribution in [3.63, 3.8) is 0 Å². The molecule has 30 heavy (non-hydrogen) atoms. The third-order valence-electron chi connectivity index (χ3n) is 6.11. The van der Waals surface area contributed by atoms with Gasteiger partial charge in [-0.1, -0.05) is 60.7 Å². The SMILES string of the molecule is CCOC(=O)C[C@@H]1O[C@@H](COCc2ccccc2)[C@@H]2CCN(Cc3ccccc3)[C@@H]21. The van der Waals surface area contributed by atoms with E-state index in [-0.39, 0.29) is 24.2 Å². The van der Waals surface area contributed by atoms with Gasteiger partial charge in [0.25, 0.3) is 0 Å². The van der Waals surface area contributed by atoms with E-state index in [1.165, 1.54) is 5.56 Å². The highest BCUT2D eigenvalue weighted by molar-refractivity contribution is 5.70. The van der Waals surface area contributed by atoms with Crippen molar-refractivity contribution in [2.45, 2.75) is 51.2 Å². The van der Waals surface area contributed by atoms with Crippen molar-refractivity contribution in [2.75, 3.05) is 19.8 Å². The molecule has 160 valence electrons. The molecule has 0 bridgehead atoms. The van der Waals surface area contributed by atoms with Crippen LogP contribution in [0.2, 0.25) is 0 Å². The minimum Gasteiger partial charge on any atom is -0.466 e. The smallest absolute Gasteiger partial charge is 0.308 e. The van der Waals surface area contributed by atoms with Crippen LogP contribution >= 0.6 is 0 Å². The number of fused-ring (bicyclic) bond motifs is 1. The summed E-state index contributed by atoms with van der Waals surface area (Å²) >= 11 is 0. The second kappa shape index (κ2) is 10.2. The summed E-state index contributed by atoms with van der Waals surface area (Å²) in [5, 5.41) is 0. The molecule has 0 aliphatic carbocycles. The summed E-state index contributed by atoms with van der Waals surface area (Å²) < 4.78 is 17.6. The summed E-state index contributed by atoms with van der Waals surface area (Å²) in [4.78, 5) is 14.7. The first-order valence-electron chi connectivity index (χ1n) is 11.0. The van der Waals surface area contributed by atoms with Crippen molar-refractivity contribution in [3.05, 3.63) is 71.8 Å². The first-order valence-corrected chi connectivity index (χ1v) is 11.0. The summed E-state index contributed by atoms with van der Waals surface area (Å²) in [5.41, 5.74) is 2.45. The van der Waals surface area contributed by atoms with Gasteiger partial charge in [-0.05, 0) is 31.0 Å². The van der Waals surface area contributed by atoms with Crippen molar-refractivity contribution in [1.29, 1.82) is 0 Å². The zero-order valence-corrected chi connectivity index (χ0v) is 17.6. The largest absolute Gasteiger partial charge is 0.466 e. The van der Waals surface area contributed by atoms with E-state index in [4.69, 9.17) is 14.2 Å². The maximum absolute atomic E-state index is 12.2. The van der Waals surface area contributed by atoms with Crippen LogP contribution in [0.4, 0.5) is 0 Å². The summed E-state index contributed by atoms with van der Waals surface area (Å²) in [6.45, 7) is 5.26. The molecule has 0 amide bonds. The maximum Gasteiger partial charge on any atom is 0.308 e. The van der Waals surface area contributed by atoms with E-state index in [1.807, 2.05) is 31.2 Å². The van der Waals surface area contributed by atoms with E-state index in [0.717, 1.165) is 25.1 Å². The van der Waals surface area contributed by atoms with Gasteiger partial charge in [-0.25, -0.2) is 0 Å². The molecule has 2 aromatic rings. The molecule has 2 saturated heterocycles. The first kappa shape index (κ1) is 21.0. The van der Waals surface area contributed by atoms with Crippen LogP contribution in [0.1, 0.15) is 30.9 Å². The van der Waals surface area contributed by atoms with Gasteiger partial charge in [0.15, 0.2) is 0 Å². The van der Waals surface area contributed by atoms with Crippen molar-refractivity contribution in [2.24, 2.45) is 5.92 Å². The minimum atomic E-state index is -0.182. The lowest BCUT2D eigenvalue weighted by molar-refractivity contribution is -0.147. The Kier molecular flexibility index (Phi) is 7.16. The van der Waals surface area contributed by atoms with E-state index in [1.54, 1.807) is 0 Å². The standard InChI is InChI=1S/C25H31NO4/c1-2-29-24(27)15-22-25-21(13-14-26(25)16-19-9-5-3-6-10-19)23(30-22)18-28-17-20-11-7-4-8-12-20/h3-12,21-23,25H,2,13-18H2,1H3/t21-,22-,23-,25-/m0/s1. The van der Waals surface area contributed by atoms with Gasteiger partial charge in [-0.15, -0.1) is 0 Å². The van der Waals surface area contributed by atoms with Gasteiger partial charge < -0.3 is 14.2 Å². The number of nitrogens with zero attached hydrogens (tertiary/aromatic N) is 1. The van der Waals surface area contributed by atoms with E-state index in [0.29, 0.717) is 32.2 Å². The second-order valence-corrected chi connectivity index (χ2v) is 8.12. The van der Waals surface area contributed by atoms with Gasteiger partial charge in [0.1, 0.15) is 0 Å². The molecule has 5 heteroatoms. The van der Waals surface area contributed by atoms with Crippen LogP contribution in [0.15, 0.2) is 60.7 Å². The van der Waals surface area contributed by atoms with Gasteiger partial charge in [0.05, 0.1) is 38.4 Å². The minimum absolute atomic E-state index is 0.0129. The van der Waals surface area contributed by atoms with Crippen LogP contribution in [0.25, 0.3) is 0 Å². The fourth-order valence-electron chi connectivity index (χ4n) is 4.81. The Bertz CT molecular complexity index is 797. The van der Waals surface area contributed by atoms with Crippen LogP contribution in [-0.4, -0.2) is 48.9 Å². The molecule has 2 heterocycles. The summed E-state index contributed by atoms with van der Waals surface area (Å²) in [6.07, 6.45) is 1.23. The lowest BCUT2D eigenvalue weighted by Gasteiger charge is -2.27. The number of likely N-dealkylation sites (tertiary alicyclic amines) is 1. The third-order valence-corrected chi connectivity index (χ3v) is 6.11. The molecule has 4 rings (SSSR count). The molecule has 2 aliphatic rings. The molecular weight excluding hydrogens is 378 g/mol. The quantitative estimate of drug-likeness (QED) is 0.590. The van der Waals surface area contributed by atoms with Crippen LogP contribution in [0.5, 0.6) is 0 Å². The van der Waals surface area contributed by atoms with Crippen molar-refractivity contribution in [3.8, 4) is 0 Å². The molecule has 0 radical (unpaired) electrons. The number of esters is 1. The molecule has 2 fully saturated rings. The van der Waals surface area contributed by atoms with E-state index < -0.39 is 0 Å². The van der Waals surface area contributed by atoms with Gasteiger partial charge in [-0.3, -0.25) is 9.69 Å². The summed E-state index contributed by atoms with van der Waals surface area (Å²) in [7, 11) is 0. The zero-order chi connectivity index (χ0) is 20.8. The number of hydrogen-bond acceptors (Lipinski definition) is 5. The molecule has 0 saturated carbocycles. The number of benzene rings is 2. The van der Waals surface area contributed by atoms with Crippen LogP contribution in [0, 0.1) is 5.92 Å². The molecule has 0 unspecified atom stereocenters. The molecule has 0 aromatic heterocycles. The Morgan fingerprint density at radius 1 is 1.03 bits per heavy atom. The van der Waals surface area contributed by atoms with Gasteiger partial charge >= 0.3 is 5.97 Å². The Morgan fingerprint density at radius 2 is 1.73 bits per heavy atom. The predicted molar refractivity (Wildman–Crippen MR) is 115 cm³/mol. The summed E-state index contributed by atoms with van der Waals surface area (Å²) in [5.74, 6) is 0.197. The fraction of sp³-hybridized carbons (Fsp3) is 0.480. The van der Waals surface area contributed by atoms with Gasteiger partial charge in [0.2, 0.25) is 0 Å². The first-order chi connectivity index (χ1) is 14.7. The van der Waals surface area contributed by atoms with Crippen molar-refractivity contribution in [1.82, 2.24) is 4.90 Å². The topological polar surface area (TPSA) is 48.0 Å². The maximum atomic E-state index is 12.2. The van der Waals surface area contributed by atoms with Crippen molar-refractivity contribution < 1.29 is 19.0 Å². The predicted octanol–water partition coefficient (Wildman–Crippen LogP) is 3.81. The second-order valence-electron chi connectivity index (χ2n) is 8.12. The average molecular weight is 410 g/mol. The number of hydrogen-bond donors (Lipinski definition) is 0. The van der Waals surface area contributed by atoms with Gasteiger partial charge in [-0.2, -0.15) is 0 Å². The number of ether oxygens (including phenoxy) is 3. The Morgan fingerprint density at radius 3 is 2.43 bits per heavy atom. The highest BCUT2D eigenvalue weighted by Crippen LogP contribution is 2.40. The van der Waals surface area contributed by atoms with Crippen LogP contribution < -0.4 is 0 Å². The normalized spacial score (nSPS) is 25.9. The lowest BCUT2D eigenvalue weighted by Crippen LogP contribution is -2.39. The monoisotopic (exact) mass is 409 g/mol. The number of carbonyl (C=O) groups is 1. The molecule has 0 spiro atoms. The van der Waals surface area contributed by atoms with Crippen LogP contribution in [0.3, 0.4) is 0 Å². The molecule has 2 aromatic carbocycles. The molecule has 5 nitrogen and oxygen atoms in total. The number of carbonyl (C=O) groups excluding carboxylic acids is 1. The number of rotatable bonds is 9. The fourth-order valence-corrected chi connectivity index (χ4v) is 4.81. The zero-order valence-electron chi connectivity index (χ0n) is 17.6. The molecule has 0 N–H and O–H groups in total.